The standard InChI is InChI=1S/C21H24N2O3/c1-14(12-21(2,3)15-8-5-4-6-9-15)22-20(25)16-10-7-11-17-19(16)26-13-18(24)23-17/h4-11,14H,12-13H2,1-3H3,(H,22,25)(H,23,24). The maximum Gasteiger partial charge on any atom is 0.262 e. The number of fused-ring (bicyclic) bond motifs is 1. The molecule has 0 aliphatic carbocycles. The maximum absolute atomic E-state index is 12.7. The molecule has 26 heavy (non-hydrogen) atoms. The van der Waals surface area contributed by atoms with Crippen molar-refractivity contribution >= 4 is 17.5 Å². The zero-order valence-corrected chi connectivity index (χ0v) is 15.3. The second-order valence-corrected chi connectivity index (χ2v) is 7.35. The Morgan fingerprint density at radius 3 is 2.65 bits per heavy atom. The molecule has 1 unspecified atom stereocenters. The van der Waals surface area contributed by atoms with Gasteiger partial charge in [0.05, 0.1) is 11.3 Å². The van der Waals surface area contributed by atoms with Crippen LogP contribution in [-0.4, -0.2) is 24.5 Å². The number of para-hydroxylation sites is 1. The Morgan fingerprint density at radius 1 is 1.19 bits per heavy atom. The number of nitrogens with one attached hydrogen (secondary N) is 2. The van der Waals surface area contributed by atoms with Crippen LogP contribution in [0.3, 0.4) is 0 Å². The van der Waals surface area contributed by atoms with Crippen molar-refractivity contribution in [2.24, 2.45) is 0 Å². The van der Waals surface area contributed by atoms with Gasteiger partial charge in [-0.05, 0) is 36.5 Å². The molecule has 2 aromatic rings. The van der Waals surface area contributed by atoms with Crippen LogP contribution in [0.5, 0.6) is 5.75 Å². The Bertz CT molecular complexity index is 815. The fourth-order valence-electron chi connectivity index (χ4n) is 3.42. The number of anilines is 1. The van der Waals surface area contributed by atoms with Gasteiger partial charge in [-0.15, -0.1) is 0 Å². The third-order valence-electron chi connectivity index (χ3n) is 4.63. The summed E-state index contributed by atoms with van der Waals surface area (Å²) in [5.41, 5.74) is 2.15. The lowest BCUT2D eigenvalue weighted by atomic mass is 9.79. The van der Waals surface area contributed by atoms with E-state index < -0.39 is 0 Å². The van der Waals surface area contributed by atoms with E-state index in [2.05, 4.69) is 36.6 Å². The summed E-state index contributed by atoms with van der Waals surface area (Å²) < 4.78 is 5.47. The highest BCUT2D eigenvalue weighted by molar-refractivity contribution is 6.03. The number of carbonyl (C=O) groups is 2. The number of rotatable bonds is 5. The molecule has 0 aromatic heterocycles. The first-order valence-corrected chi connectivity index (χ1v) is 8.79. The van der Waals surface area contributed by atoms with Crippen LogP contribution in [0.25, 0.3) is 0 Å². The van der Waals surface area contributed by atoms with E-state index in [1.54, 1.807) is 18.2 Å². The number of benzene rings is 2. The molecule has 0 radical (unpaired) electrons. The van der Waals surface area contributed by atoms with Crippen LogP contribution in [0, 0.1) is 0 Å². The van der Waals surface area contributed by atoms with Crippen LogP contribution in [0.15, 0.2) is 48.5 Å². The molecule has 136 valence electrons. The van der Waals surface area contributed by atoms with Crippen LogP contribution in [0.1, 0.15) is 43.1 Å². The fourth-order valence-corrected chi connectivity index (χ4v) is 3.42. The van der Waals surface area contributed by atoms with E-state index in [9.17, 15) is 9.59 Å². The molecule has 5 heteroatoms. The molecule has 0 bridgehead atoms. The third kappa shape index (κ3) is 3.87. The molecule has 2 amide bonds. The molecule has 0 saturated heterocycles. The maximum atomic E-state index is 12.7. The largest absolute Gasteiger partial charge is 0.481 e. The average molecular weight is 352 g/mol. The second kappa shape index (κ2) is 7.20. The fraction of sp³-hybridized carbons (Fsp3) is 0.333. The zero-order valence-electron chi connectivity index (χ0n) is 15.3. The van der Waals surface area contributed by atoms with Gasteiger partial charge >= 0.3 is 0 Å². The summed E-state index contributed by atoms with van der Waals surface area (Å²) in [6.45, 7) is 6.27. The van der Waals surface area contributed by atoms with E-state index in [1.807, 2.05) is 25.1 Å². The molecular weight excluding hydrogens is 328 g/mol. The van der Waals surface area contributed by atoms with E-state index in [0.29, 0.717) is 17.0 Å². The first-order chi connectivity index (χ1) is 12.4. The number of hydrogen-bond acceptors (Lipinski definition) is 3. The topological polar surface area (TPSA) is 67.4 Å². The predicted molar refractivity (Wildman–Crippen MR) is 102 cm³/mol. The molecule has 0 spiro atoms. The molecule has 1 aliphatic heterocycles. The molecule has 0 saturated carbocycles. The first-order valence-electron chi connectivity index (χ1n) is 8.79. The summed E-state index contributed by atoms with van der Waals surface area (Å²) in [7, 11) is 0. The summed E-state index contributed by atoms with van der Waals surface area (Å²) >= 11 is 0. The lowest BCUT2D eigenvalue weighted by Gasteiger charge is -2.29. The van der Waals surface area contributed by atoms with Crippen LogP contribution >= 0.6 is 0 Å². The van der Waals surface area contributed by atoms with Gasteiger partial charge in [0.15, 0.2) is 12.4 Å². The highest BCUT2D eigenvalue weighted by Crippen LogP contribution is 2.32. The molecule has 2 aromatic carbocycles. The van der Waals surface area contributed by atoms with Crippen LogP contribution in [0.4, 0.5) is 5.69 Å². The monoisotopic (exact) mass is 352 g/mol. The molecule has 0 fully saturated rings. The van der Waals surface area contributed by atoms with Crippen LogP contribution < -0.4 is 15.4 Å². The smallest absolute Gasteiger partial charge is 0.262 e. The van der Waals surface area contributed by atoms with Gasteiger partial charge in [0.25, 0.3) is 11.8 Å². The van der Waals surface area contributed by atoms with E-state index in [-0.39, 0.29) is 29.9 Å². The number of ether oxygens (including phenoxy) is 1. The van der Waals surface area contributed by atoms with Crippen LogP contribution in [0.2, 0.25) is 0 Å². The van der Waals surface area contributed by atoms with Gasteiger partial charge in [0.2, 0.25) is 0 Å². The Balaban J connectivity index is 1.71. The Kier molecular flexibility index (Phi) is 4.98. The van der Waals surface area contributed by atoms with E-state index >= 15 is 0 Å². The van der Waals surface area contributed by atoms with E-state index in [1.165, 1.54) is 5.56 Å². The number of hydrogen-bond donors (Lipinski definition) is 2. The summed E-state index contributed by atoms with van der Waals surface area (Å²) in [5.74, 6) is 0.0153. The molecule has 3 rings (SSSR count). The van der Waals surface area contributed by atoms with Crippen molar-refractivity contribution in [3.63, 3.8) is 0 Å². The van der Waals surface area contributed by atoms with Gasteiger partial charge < -0.3 is 15.4 Å². The second-order valence-electron chi connectivity index (χ2n) is 7.35. The van der Waals surface area contributed by atoms with Crippen molar-refractivity contribution in [1.29, 1.82) is 0 Å². The lowest BCUT2D eigenvalue weighted by Crippen LogP contribution is -2.38. The summed E-state index contributed by atoms with van der Waals surface area (Å²) in [6, 6.07) is 15.4. The van der Waals surface area contributed by atoms with Gasteiger partial charge in [0, 0.05) is 6.04 Å². The lowest BCUT2D eigenvalue weighted by molar-refractivity contribution is -0.118. The SMILES string of the molecule is CC(CC(C)(C)c1ccccc1)NC(=O)c1cccc2c1OCC(=O)N2. The minimum atomic E-state index is -0.215. The first kappa shape index (κ1) is 18.0. The Labute approximate surface area is 153 Å². The third-order valence-corrected chi connectivity index (χ3v) is 4.63. The van der Waals surface area contributed by atoms with Gasteiger partial charge in [-0.2, -0.15) is 0 Å². The highest BCUT2D eigenvalue weighted by Gasteiger charge is 2.26. The van der Waals surface area contributed by atoms with Crippen molar-refractivity contribution in [3.05, 3.63) is 59.7 Å². The van der Waals surface area contributed by atoms with Gasteiger partial charge in [-0.25, -0.2) is 0 Å². The normalized spacial score (nSPS) is 14.7. The molecule has 1 atom stereocenters. The number of carbonyl (C=O) groups excluding carboxylic acids is 2. The van der Waals surface area contributed by atoms with Crippen molar-refractivity contribution < 1.29 is 14.3 Å². The average Bonchev–Trinajstić information content (AvgIpc) is 2.61. The molecule has 1 aliphatic rings. The quantitative estimate of drug-likeness (QED) is 0.865. The Hall–Kier alpha value is -2.82. The van der Waals surface area contributed by atoms with Gasteiger partial charge in [-0.3, -0.25) is 9.59 Å². The van der Waals surface area contributed by atoms with Gasteiger partial charge in [0.1, 0.15) is 0 Å². The van der Waals surface area contributed by atoms with Crippen molar-refractivity contribution in [1.82, 2.24) is 5.32 Å². The van der Waals surface area contributed by atoms with Gasteiger partial charge in [-0.1, -0.05) is 50.2 Å². The number of amides is 2. The minimum Gasteiger partial charge on any atom is -0.481 e. The summed E-state index contributed by atoms with van der Waals surface area (Å²) in [5, 5.41) is 5.78. The molecular formula is C21H24N2O3. The van der Waals surface area contributed by atoms with Crippen molar-refractivity contribution in [3.8, 4) is 5.75 Å². The minimum absolute atomic E-state index is 0.0215. The molecule has 5 nitrogen and oxygen atoms in total. The van der Waals surface area contributed by atoms with Crippen molar-refractivity contribution in [2.75, 3.05) is 11.9 Å². The Morgan fingerprint density at radius 2 is 1.92 bits per heavy atom. The molecule has 1 heterocycles. The summed E-state index contributed by atoms with van der Waals surface area (Å²) in [4.78, 5) is 24.2. The predicted octanol–water partition coefficient (Wildman–Crippen LogP) is 3.50. The highest BCUT2D eigenvalue weighted by atomic mass is 16.5. The van der Waals surface area contributed by atoms with Crippen molar-refractivity contribution in [2.45, 2.75) is 38.6 Å². The zero-order chi connectivity index (χ0) is 18.7. The van der Waals surface area contributed by atoms with E-state index in [0.717, 1.165) is 6.42 Å². The van der Waals surface area contributed by atoms with Crippen LogP contribution in [-0.2, 0) is 10.2 Å². The molecule has 2 N–H and O–H groups in total. The summed E-state index contributed by atoms with van der Waals surface area (Å²) in [6.07, 6.45) is 0.801. The van der Waals surface area contributed by atoms with E-state index in [4.69, 9.17) is 4.74 Å².